The van der Waals surface area contributed by atoms with E-state index in [-0.39, 0.29) is 22.5 Å². The summed E-state index contributed by atoms with van der Waals surface area (Å²) in [4.78, 5) is 14.5. The number of nitrogens with one attached hydrogen (secondary N) is 1. The predicted octanol–water partition coefficient (Wildman–Crippen LogP) is 5.68. The van der Waals surface area contributed by atoms with Crippen LogP contribution < -0.4 is 5.32 Å². The third-order valence-corrected chi connectivity index (χ3v) is 6.04. The summed E-state index contributed by atoms with van der Waals surface area (Å²) in [6.45, 7) is 2.04. The maximum absolute atomic E-state index is 13.3. The number of carbonyl (C=O) groups excluding carboxylic acids is 1. The van der Waals surface area contributed by atoms with E-state index in [4.69, 9.17) is 11.6 Å². The van der Waals surface area contributed by atoms with Crippen molar-refractivity contribution >= 4 is 35.0 Å². The van der Waals surface area contributed by atoms with Gasteiger partial charge in [-0.25, -0.2) is 0 Å². The van der Waals surface area contributed by atoms with Crippen LogP contribution in [0.2, 0.25) is 5.02 Å². The van der Waals surface area contributed by atoms with E-state index in [9.17, 15) is 18.0 Å². The number of para-hydroxylation sites is 1. The van der Waals surface area contributed by atoms with Crippen LogP contribution in [0.4, 0.5) is 18.9 Å². The standard InChI is InChI=1S/C22H23ClF3N5OS/c1-4-18(30(2)3)20-28-29-21(31(20)15-8-6-5-7-9-15)33-13-19(32)27-17-11-10-14(23)12-16(17)22(24,25)26/h5-12,18H,4,13H2,1-3H3,(H,27,32). The second-order valence-corrected chi connectivity index (χ2v) is 8.80. The van der Waals surface area contributed by atoms with Crippen LogP contribution in [0.3, 0.4) is 0 Å². The third-order valence-electron chi connectivity index (χ3n) is 4.87. The van der Waals surface area contributed by atoms with Gasteiger partial charge in [0.15, 0.2) is 11.0 Å². The third kappa shape index (κ3) is 6.07. The van der Waals surface area contributed by atoms with E-state index in [1.807, 2.05) is 60.8 Å². The number of carbonyl (C=O) groups is 1. The zero-order chi connectivity index (χ0) is 24.2. The molecule has 0 aliphatic heterocycles. The van der Waals surface area contributed by atoms with Gasteiger partial charge < -0.3 is 5.32 Å². The summed E-state index contributed by atoms with van der Waals surface area (Å²) < 4.78 is 41.8. The molecule has 33 heavy (non-hydrogen) atoms. The van der Waals surface area contributed by atoms with E-state index < -0.39 is 17.6 Å². The van der Waals surface area contributed by atoms with Crippen molar-refractivity contribution in [2.75, 3.05) is 25.2 Å². The number of alkyl halides is 3. The second-order valence-electron chi connectivity index (χ2n) is 7.42. The minimum absolute atomic E-state index is 0.00991. The van der Waals surface area contributed by atoms with Gasteiger partial charge in [0, 0.05) is 10.7 Å². The lowest BCUT2D eigenvalue weighted by Crippen LogP contribution is -2.23. The van der Waals surface area contributed by atoms with Crippen LogP contribution in [-0.2, 0) is 11.0 Å². The zero-order valence-corrected chi connectivity index (χ0v) is 19.8. The van der Waals surface area contributed by atoms with E-state index in [0.717, 1.165) is 36.0 Å². The van der Waals surface area contributed by atoms with Crippen molar-refractivity contribution in [1.29, 1.82) is 0 Å². The van der Waals surface area contributed by atoms with Gasteiger partial charge in [0.05, 0.1) is 23.0 Å². The highest BCUT2D eigenvalue weighted by Gasteiger charge is 2.34. The number of aromatic nitrogens is 3. The van der Waals surface area contributed by atoms with E-state index >= 15 is 0 Å². The normalized spacial score (nSPS) is 12.7. The van der Waals surface area contributed by atoms with Crippen molar-refractivity contribution in [2.45, 2.75) is 30.7 Å². The minimum Gasteiger partial charge on any atom is -0.325 e. The lowest BCUT2D eigenvalue weighted by molar-refractivity contribution is -0.137. The molecule has 0 bridgehead atoms. The Labute approximate surface area is 199 Å². The maximum atomic E-state index is 13.3. The lowest BCUT2D eigenvalue weighted by Gasteiger charge is -2.23. The maximum Gasteiger partial charge on any atom is 0.418 e. The van der Waals surface area contributed by atoms with Crippen molar-refractivity contribution in [1.82, 2.24) is 19.7 Å². The Morgan fingerprint density at radius 1 is 1.18 bits per heavy atom. The molecular formula is C22H23ClF3N5OS. The van der Waals surface area contributed by atoms with Crippen molar-refractivity contribution in [3.05, 3.63) is 64.9 Å². The molecular weight excluding hydrogens is 475 g/mol. The molecule has 0 fully saturated rings. The van der Waals surface area contributed by atoms with Crippen molar-refractivity contribution in [3.63, 3.8) is 0 Å². The highest BCUT2D eigenvalue weighted by Crippen LogP contribution is 2.36. The summed E-state index contributed by atoms with van der Waals surface area (Å²) in [7, 11) is 3.89. The van der Waals surface area contributed by atoms with Crippen LogP contribution in [0.5, 0.6) is 0 Å². The molecule has 0 aliphatic carbocycles. The molecule has 1 unspecified atom stereocenters. The second kappa shape index (κ2) is 10.6. The summed E-state index contributed by atoms with van der Waals surface area (Å²) in [5.74, 6) is -0.0331. The molecule has 0 spiro atoms. The number of nitrogens with zero attached hydrogens (tertiary/aromatic N) is 4. The lowest BCUT2D eigenvalue weighted by atomic mass is 10.1. The number of anilines is 1. The molecule has 11 heteroatoms. The fourth-order valence-electron chi connectivity index (χ4n) is 3.37. The number of thioether (sulfide) groups is 1. The summed E-state index contributed by atoms with van der Waals surface area (Å²) >= 11 is 6.80. The first kappa shape index (κ1) is 25.1. The molecule has 6 nitrogen and oxygen atoms in total. The highest BCUT2D eigenvalue weighted by atomic mass is 35.5. The van der Waals surface area contributed by atoms with Gasteiger partial charge in [-0.2, -0.15) is 13.2 Å². The number of rotatable bonds is 8. The Bertz CT molecular complexity index is 1110. The van der Waals surface area contributed by atoms with E-state index in [2.05, 4.69) is 15.5 Å². The molecule has 0 saturated carbocycles. The Morgan fingerprint density at radius 3 is 2.48 bits per heavy atom. The van der Waals surface area contributed by atoms with Crippen LogP contribution in [-0.4, -0.2) is 45.4 Å². The summed E-state index contributed by atoms with van der Waals surface area (Å²) in [6.07, 6.45) is -3.86. The van der Waals surface area contributed by atoms with Gasteiger partial charge in [0.1, 0.15) is 0 Å². The van der Waals surface area contributed by atoms with Crippen molar-refractivity contribution in [3.8, 4) is 5.69 Å². The van der Waals surface area contributed by atoms with Gasteiger partial charge in [-0.05, 0) is 50.8 Å². The first-order chi connectivity index (χ1) is 15.6. The smallest absolute Gasteiger partial charge is 0.325 e. The van der Waals surface area contributed by atoms with Gasteiger partial charge in [0.25, 0.3) is 0 Å². The average molecular weight is 498 g/mol. The SMILES string of the molecule is CCC(c1nnc(SCC(=O)Nc2ccc(Cl)cc2C(F)(F)F)n1-c1ccccc1)N(C)C. The summed E-state index contributed by atoms with van der Waals surface area (Å²) in [6, 6.07) is 12.7. The average Bonchev–Trinajstić information content (AvgIpc) is 3.17. The molecule has 3 aromatic rings. The quantitative estimate of drug-likeness (QED) is 0.405. The number of benzene rings is 2. The van der Waals surface area contributed by atoms with E-state index in [1.165, 1.54) is 6.07 Å². The minimum atomic E-state index is -4.65. The van der Waals surface area contributed by atoms with Gasteiger partial charge in [-0.3, -0.25) is 14.3 Å². The molecule has 3 rings (SSSR count). The molecule has 1 aromatic heterocycles. The monoisotopic (exact) mass is 497 g/mol. The molecule has 0 aliphatic rings. The van der Waals surface area contributed by atoms with E-state index in [1.54, 1.807) is 0 Å². The zero-order valence-electron chi connectivity index (χ0n) is 18.2. The van der Waals surface area contributed by atoms with Crippen LogP contribution in [0.15, 0.2) is 53.7 Å². The van der Waals surface area contributed by atoms with Gasteiger partial charge in [-0.15, -0.1) is 10.2 Å². The van der Waals surface area contributed by atoms with Gasteiger partial charge >= 0.3 is 6.18 Å². The molecule has 1 amide bonds. The Hall–Kier alpha value is -2.56. The molecule has 1 N–H and O–H groups in total. The molecule has 0 radical (unpaired) electrons. The Balaban J connectivity index is 1.84. The number of hydrogen-bond acceptors (Lipinski definition) is 5. The topological polar surface area (TPSA) is 63.1 Å². The summed E-state index contributed by atoms with van der Waals surface area (Å²) in [5.41, 5.74) is -0.515. The van der Waals surface area contributed by atoms with Crippen LogP contribution in [0, 0.1) is 0 Å². The Kier molecular flexibility index (Phi) is 8.04. The van der Waals surface area contributed by atoms with Crippen molar-refractivity contribution in [2.24, 2.45) is 0 Å². The predicted molar refractivity (Wildman–Crippen MR) is 124 cm³/mol. The molecule has 176 valence electrons. The molecule has 0 saturated heterocycles. The van der Waals surface area contributed by atoms with Crippen LogP contribution in [0.1, 0.15) is 30.8 Å². The molecule has 1 atom stereocenters. The fraction of sp³-hybridized carbons (Fsp3) is 0.318. The first-order valence-corrected chi connectivity index (χ1v) is 11.4. The Morgan fingerprint density at radius 2 is 1.88 bits per heavy atom. The number of amides is 1. The van der Waals surface area contributed by atoms with Crippen LogP contribution >= 0.6 is 23.4 Å². The summed E-state index contributed by atoms with van der Waals surface area (Å²) in [5, 5.41) is 11.4. The van der Waals surface area contributed by atoms with Crippen molar-refractivity contribution < 1.29 is 18.0 Å². The van der Waals surface area contributed by atoms with Gasteiger partial charge in [-0.1, -0.05) is 48.5 Å². The van der Waals surface area contributed by atoms with Crippen LogP contribution in [0.25, 0.3) is 5.69 Å². The molecule has 2 aromatic carbocycles. The number of hydrogen-bond donors (Lipinski definition) is 1. The first-order valence-electron chi connectivity index (χ1n) is 10.1. The van der Waals surface area contributed by atoms with Gasteiger partial charge in [0.2, 0.25) is 5.91 Å². The number of halogens is 4. The van der Waals surface area contributed by atoms with E-state index in [0.29, 0.717) is 11.0 Å². The highest BCUT2D eigenvalue weighted by molar-refractivity contribution is 7.99. The molecule has 1 heterocycles. The largest absolute Gasteiger partial charge is 0.418 e. The fourth-order valence-corrected chi connectivity index (χ4v) is 4.30.